The molecule has 5 heteroatoms. The second-order valence-corrected chi connectivity index (χ2v) is 6.96. The molecule has 0 aliphatic carbocycles. The molecule has 3 nitrogen and oxygen atoms in total. The summed E-state index contributed by atoms with van der Waals surface area (Å²) < 4.78 is 16.6. The third kappa shape index (κ3) is 4.42. The molecular formula is C8H17ClO3Si. The third-order valence-electron chi connectivity index (χ3n) is 2.03. The number of hydrogen-bond donors (Lipinski definition) is 0. The van der Waals surface area contributed by atoms with E-state index in [4.69, 9.17) is 25.2 Å². The van der Waals surface area contributed by atoms with Crippen LogP contribution in [-0.2, 0) is 13.6 Å². The Balaban J connectivity index is 2.32. The molecule has 0 radical (unpaired) electrons. The van der Waals surface area contributed by atoms with Gasteiger partial charge in [-0.2, -0.15) is 0 Å². The zero-order valence-electron chi connectivity index (χ0n) is 8.05. The van der Waals surface area contributed by atoms with Gasteiger partial charge in [-0.25, -0.2) is 0 Å². The summed E-state index contributed by atoms with van der Waals surface area (Å²) in [6, 6.07) is 0.983. The lowest BCUT2D eigenvalue weighted by molar-refractivity contribution is 0.0264. The van der Waals surface area contributed by atoms with Crippen LogP contribution in [0.25, 0.3) is 0 Å². The first-order chi connectivity index (χ1) is 6.27. The standard InChI is InChI=1S/C8H17ClO3Si/c1-13(8-2-3-9)11-6-4-10-5-7-12-13/h2-8H2,1H3. The molecule has 0 spiro atoms. The van der Waals surface area contributed by atoms with Crippen LogP contribution in [0.3, 0.4) is 0 Å². The second kappa shape index (κ2) is 5.98. The Kier molecular flexibility index (Phi) is 5.27. The summed E-state index contributed by atoms with van der Waals surface area (Å²) in [5, 5.41) is 0. The SMILES string of the molecule is C[Si]1(CCCCl)OCCOCCO1. The summed E-state index contributed by atoms with van der Waals surface area (Å²) in [7, 11) is -1.90. The van der Waals surface area contributed by atoms with E-state index in [1.807, 2.05) is 0 Å². The lowest BCUT2D eigenvalue weighted by atomic mass is 10.6. The minimum atomic E-state index is -1.90. The van der Waals surface area contributed by atoms with Gasteiger partial charge in [-0.05, 0) is 19.0 Å². The van der Waals surface area contributed by atoms with E-state index in [2.05, 4.69) is 6.55 Å². The highest BCUT2D eigenvalue weighted by Crippen LogP contribution is 2.17. The van der Waals surface area contributed by atoms with Crippen molar-refractivity contribution in [1.29, 1.82) is 0 Å². The van der Waals surface area contributed by atoms with Crippen LogP contribution in [0, 0.1) is 0 Å². The predicted molar refractivity (Wildman–Crippen MR) is 54.5 cm³/mol. The molecule has 0 aromatic carbocycles. The molecule has 0 unspecified atom stereocenters. The van der Waals surface area contributed by atoms with Crippen LogP contribution in [-0.4, -0.2) is 40.9 Å². The highest BCUT2D eigenvalue weighted by Gasteiger charge is 2.31. The van der Waals surface area contributed by atoms with Crippen molar-refractivity contribution in [1.82, 2.24) is 0 Å². The molecule has 0 atom stereocenters. The third-order valence-corrected chi connectivity index (χ3v) is 5.19. The average molecular weight is 225 g/mol. The van der Waals surface area contributed by atoms with Crippen LogP contribution < -0.4 is 0 Å². The molecule has 1 aliphatic heterocycles. The first-order valence-corrected chi connectivity index (χ1v) is 7.74. The van der Waals surface area contributed by atoms with Crippen molar-refractivity contribution in [3.05, 3.63) is 0 Å². The normalized spacial score (nSPS) is 23.5. The van der Waals surface area contributed by atoms with Crippen LogP contribution in [0.5, 0.6) is 0 Å². The fraction of sp³-hybridized carbons (Fsp3) is 1.00. The van der Waals surface area contributed by atoms with Crippen molar-refractivity contribution in [2.45, 2.75) is 19.0 Å². The van der Waals surface area contributed by atoms with Gasteiger partial charge in [-0.1, -0.05) is 0 Å². The van der Waals surface area contributed by atoms with Crippen LogP contribution in [0.15, 0.2) is 0 Å². The van der Waals surface area contributed by atoms with Crippen molar-refractivity contribution in [2.75, 3.05) is 32.3 Å². The number of rotatable bonds is 3. The maximum atomic E-state index is 5.71. The second-order valence-electron chi connectivity index (χ2n) is 3.24. The van der Waals surface area contributed by atoms with Gasteiger partial charge in [0.05, 0.1) is 26.4 Å². The van der Waals surface area contributed by atoms with Gasteiger partial charge < -0.3 is 13.6 Å². The van der Waals surface area contributed by atoms with Crippen LogP contribution in [0.1, 0.15) is 6.42 Å². The first kappa shape index (κ1) is 11.5. The number of alkyl halides is 1. The molecule has 1 saturated heterocycles. The number of halogens is 1. The Hall–Kier alpha value is 0.387. The van der Waals surface area contributed by atoms with Gasteiger partial charge in [-0.15, -0.1) is 11.6 Å². The van der Waals surface area contributed by atoms with Gasteiger partial charge in [0.25, 0.3) is 0 Å². The quantitative estimate of drug-likeness (QED) is 0.540. The molecule has 0 bridgehead atoms. The average Bonchev–Trinajstić information content (AvgIpc) is 2.09. The van der Waals surface area contributed by atoms with Crippen molar-refractivity contribution >= 4 is 20.2 Å². The van der Waals surface area contributed by atoms with E-state index in [9.17, 15) is 0 Å². The van der Waals surface area contributed by atoms with Crippen LogP contribution in [0.2, 0.25) is 12.6 Å². The summed E-state index contributed by atoms with van der Waals surface area (Å²) >= 11 is 5.64. The molecule has 0 aromatic heterocycles. The molecule has 0 saturated carbocycles. The Morgan fingerprint density at radius 2 is 1.77 bits per heavy atom. The molecule has 1 fully saturated rings. The van der Waals surface area contributed by atoms with Gasteiger partial charge >= 0.3 is 8.56 Å². The van der Waals surface area contributed by atoms with Gasteiger partial charge in [0.15, 0.2) is 0 Å². The molecule has 1 heterocycles. The Morgan fingerprint density at radius 3 is 2.31 bits per heavy atom. The lowest BCUT2D eigenvalue weighted by Crippen LogP contribution is -2.42. The predicted octanol–water partition coefficient (Wildman–Crippen LogP) is 1.75. The molecule has 0 aromatic rings. The minimum absolute atomic E-state index is 0.658. The molecular weight excluding hydrogens is 208 g/mol. The smallest absolute Gasteiger partial charge is 0.335 e. The van der Waals surface area contributed by atoms with E-state index in [0.717, 1.165) is 12.5 Å². The highest BCUT2D eigenvalue weighted by atomic mass is 35.5. The van der Waals surface area contributed by atoms with Crippen molar-refractivity contribution in [2.24, 2.45) is 0 Å². The summed E-state index contributed by atoms with van der Waals surface area (Å²) in [6.45, 7) is 4.79. The molecule has 13 heavy (non-hydrogen) atoms. The van der Waals surface area contributed by atoms with E-state index in [1.165, 1.54) is 0 Å². The van der Waals surface area contributed by atoms with Crippen molar-refractivity contribution < 1.29 is 13.6 Å². The number of hydrogen-bond acceptors (Lipinski definition) is 3. The summed E-state index contributed by atoms with van der Waals surface area (Å²) in [5.74, 6) is 0.686. The van der Waals surface area contributed by atoms with Gasteiger partial charge in [0.2, 0.25) is 0 Å². The van der Waals surface area contributed by atoms with Crippen LogP contribution >= 0.6 is 11.6 Å². The maximum Gasteiger partial charge on any atom is 0.335 e. The molecule has 78 valence electrons. The summed E-state index contributed by atoms with van der Waals surface area (Å²) in [5.41, 5.74) is 0. The highest BCUT2D eigenvalue weighted by molar-refractivity contribution is 6.66. The summed E-state index contributed by atoms with van der Waals surface area (Å²) in [6.07, 6.45) is 0.977. The van der Waals surface area contributed by atoms with Gasteiger partial charge in [-0.3, -0.25) is 0 Å². The van der Waals surface area contributed by atoms with E-state index < -0.39 is 8.56 Å². The summed E-state index contributed by atoms with van der Waals surface area (Å²) in [4.78, 5) is 0. The fourth-order valence-electron chi connectivity index (χ4n) is 1.31. The Morgan fingerprint density at radius 1 is 1.15 bits per heavy atom. The first-order valence-electron chi connectivity index (χ1n) is 4.68. The van der Waals surface area contributed by atoms with Gasteiger partial charge in [0, 0.05) is 5.88 Å². The van der Waals surface area contributed by atoms with Crippen molar-refractivity contribution in [3.63, 3.8) is 0 Å². The fourth-order valence-corrected chi connectivity index (χ4v) is 3.89. The monoisotopic (exact) mass is 224 g/mol. The van der Waals surface area contributed by atoms with Gasteiger partial charge in [0.1, 0.15) is 0 Å². The van der Waals surface area contributed by atoms with E-state index in [0.29, 0.717) is 32.3 Å². The van der Waals surface area contributed by atoms with Crippen molar-refractivity contribution in [3.8, 4) is 0 Å². The number of ether oxygens (including phenoxy) is 1. The maximum absolute atomic E-state index is 5.71. The Bertz CT molecular complexity index is 132. The largest absolute Gasteiger partial charge is 0.392 e. The zero-order valence-corrected chi connectivity index (χ0v) is 9.81. The molecule has 1 aliphatic rings. The van der Waals surface area contributed by atoms with Crippen LogP contribution in [0.4, 0.5) is 0 Å². The zero-order chi connectivity index (χ0) is 9.57. The minimum Gasteiger partial charge on any atom is -0.392 e. The lowest BCUT2D eigenvalue weighted by Gasteiger charge is -2.28. The Labute approximate surface area is 85.6 Å². The van der Waals surface area contributed by atoms with E-state index in [1.54, 1.807) is 0 Å². The molecule has 1 rings (SSSR count). The van der Waals surface area contributed by atoms with E-state index in [-0.39, 0.29) is 0 Å². The molecule has 0 N–H and O–H groups in total. The van der Waals surface area contributed by atoms with E-state index >= 15 is 0 Å². The topological polar surface area (TPSA) is 27.7 Å². The molecule has 0 amide bonds.